The summed E-state index contributed by atoms with van der Waals surface area (Å²) < 4.78 is 11.6. The molecule has 0 fully saturated rings. The van der Waals surface area contributed by atoms with Gasteiger partial charge in [0.2, 0.25) is 0 Å². The molecule has 0 saturated heterocycles. The third kappa shape index (κ3) is 5.01. The molecule has 0 aliphatic rings. The van der Waals surface area contributed by atoms with E-state index in [1.54, 1.807) is 14.2 Å². The number of benzene rings is 1. The summed E-state index contributed by atoms with van der Waals surface area (Å²) in [6.45, 7) is 6.04. The Kier molecular flexibility index (Phi) is 7.20. The number of rotatable bonds is 8. The normalized spacial score (nSPS) is 10.8. The van der Waals surface area contributed by atoms with E-state index in [2.05, 4.69) is 40.1 Å². The highest BCUT2D eigenvalue weighted by atomic mass is 79.9. The first-order valence-corrected chi connectivity index (χ1v) is 7.21. The van der Waals surface area contributed by atoms with Crippen LogP contribution in [0.5, 0.6) is 11.5 Å². The van der Waals surface area contributed by atoms with E-state index >= 15 is 0 Å². The molecule has 1 aromatic carbocycles. The summed E-state index contributed by atoms with van der Waals surface area (Å²) in [4.78, 5) is 2.27. The highest BCUT2D eigenvalue weighted by Gasteiger charge is 2.09. The van der Waals surface area contributed by atoms with Gasteiger partial charge in [-0.2, -0.15) is 0 Å². The lowest BCUT2D eigenvalue weighted by molar-refractivity contribution is 0.347. The van der Waals surface area contributed by atoms with Crippen molar-refractivity contribution in [3.8, 4) is 11.5 Å². The van der Waals surface area contributed by atoms with Gasteiger partial charge >= 0.3 is 0 Å². The Morgan fingerprint density at radius 3 is 2.42 bits per heavy atom. The topological polar surface area (TPSA) is 33.7 Å². The molecule has 0 spiro atoms. The standard InChI is InChI=1S/C14H23BrN2O2/c1-5-17(2)7-6-16-10-11-8-13(18-3)14(19-4)9-12(11)15/h8-9,16H,5-7,10H2,1-4H3. The molecule has 0 bridgehead atoms. The van der Waals surface area contributed by atoms with Gasteiger partial charge in [-0.05, 0) is 31.3 Å². The van der Waals surface area contributed by atoms with E-state index in [9.17, 15) is 0 Å². The molecule has 0 saturated carbocycles. The smallest absolute Gasteiger partial charge is 0.161 e. The number of ether oxygens (including phenoxy) is 2. The zero-order valence-corrected chi connectivity index (χ0v) is 13.7. The van der Waals surface area contributed by atoms with Gasteiger partial charge < -0.3 is 19.7 Å². The Bertz CT molecular complexity index is 399. The molecule has 108 valence electrons. The number of hydrogen-bond acceptors (Lipinski definition) is 4. The first-order chi connectivity index (χ1) is 9.12. The Balaban J connectivity index is 2.58. The van der Waals surface area contributed by atoms with Gasteiger partial charge in [-0.15, -0.1) is 0 Å². The molecular weight excluding hydrogens is 308 g/mol. The average molecular weight is 331 g/mol. The number of likely N-dealkylation sites (N-methyl/N-ethyl adjacent to an activating group) is 1. The maximum absolute atomic E-state index is 5.31. The molecule has 0 unspecified atom stereocenters. The average Bonchev–Trinajstić information content (AvgIpc) is 2.43. The molecule has 0 aliphatic carbocycles. The second-order valence-corrected chi connectivity index (χ2v) is 5.23. The van der Waals surface area contributed by atoms with Crippen molar-refractivity contribution in [1.29, 1.82) is 0 Å². The zero-order chi connectivity index (χ0) is 14.3. The Hall–Kier alpha value is -0.780. The van der Waals surface area contributed by atoms with Crippen LogP contribution in [0.2, 0.25) is 0 Å². The van der Waals surface area contributed by atoms with E-state index in [1.807, 2.05) is 12.1 Å². The van der Waals surface area contributed by atoms with Crippen molar-refractivity contribution < 1.29 is 9.47 Å². The summed E-state index contributed by atoms with van der Waals surface area (Å²) in [5, 5.41) is 3.43. The van der Waals surface area contributed by atoms with Gasteiger partial charge in [-0.25, -0.2) is 0 Å². The van der Waals surface area contributed by atoms with E-state index in [1.165, 1.54) is 0 Å². The highest BCUT2D eigenvalue weighted by molar-refractivity contribution is 9.10. The van der Waals surface area contributed by atoms with E-state index in [0.29, 0.717) is 0 Å². The van der Waals surface area contributed by atoms with Crippen LogP contribution in [-0.4, -0.2) is 45.8 Å². The molecule has 0 atom stereocenters. The number of halogens is 1. The predicted molar refractivity (Wildman–Crippen MR) is 82.1 cm³/mol. The van der Waals surface area contributed by atoms with Gasteiger partial charge in [0, 0.05) is 24.1 Å². The fourth-order valence-corrected chi connectivity index (χ4v) is 2.15. The maximum Gasteiger partial charge on any atom is 0.161 e. The van der Waals surface area contributed by atoms with Gasteiger partial charge in [0.25, 0.3) is 0 Å². The molecule has 1 rings (SSSR count). The van der Waals surface area contributed by atoms with Crippen LogP contribution in [0.15, 0.2) is 16.6 Å². The quantitative estimate of drug-likeness (QED) is 0.742. The van der Waals surface area contributed by atoms with Crippen molar-refractivity contribution in [1.82, 2.24) is 10.2 Å². The molecule has 19 heavy (non-hydrogen) atoms. The van der Waals surface area contributed by atoms with Gasteiger partial charge in [0.15, 0.2) is 11.5 Å². The van der Waals surface area contributed by atoms with E-state index in [-0.39, 0.29) is 0 Å². The first kappa shape index (κ1) is 16.3. The first-order valence-electron chi connectivity index (χ1n) is 6.42. The predicted octanol–water partition coefficient (Wildman–Crippen LogP) is 2.51. The van der Waals surface area contributed by atoms with Crippen LogP contribution in [-0.2, 0) is 6.54 Å². The molecule has 1 aromatic rings. The van der Waals surface area contributed by atoms with Crippen LogP contribution in [0, 0.1) is 0 Å². The summed E-state index contributed by atoms with van der Waals surface area (Å²) in [7, 11) is 5.41. The van der Waals surface area contributed by atoms with E-state index in [4.69, 9.17) is 9.47 Å². The molecular formula is C14H23BrN2O2. The zero-order valence-electron chi connectivity index (χ0n) is 12.1. The van der Waals surface area contributed by atoms with E-state index in [0.717, 1.165) is 47.7 Å². The van der Waals surface area contributed by atoms with E-state index < -0.39 is 0 Å². The number of methoxy groups -OCH3 is 2. The molecule has 0 aromatic heterocycles. The van der Waals surface area contributed by atoms with Gasteiger partial charge in [-0.1, -0.05) is 22.9 Å². The van der Waals surface area contributed by atoms with Gasteiger partial charge in [0.05, 0.1) is 14.2 Å². The minimum absolute atomic E-state index is 0.740. The molecule has 0 radical (unpaired) electrons. The molecule has 1 N–H and O–H groups in total. The molecule has 4 nitrogen and oxygen atoms in total. The van der Waals surface area contributed by atoms with Crippen LogP contribution in [0.4, 0.5) is 0 Å². The summed E-state index contributed by atoms with van der Waals surface area (Å²) in [6, 6.07) is 3.94. The third-order valence-corrected chi connectivity index (χ3v) is 3.82. The van der Waals surface area contributed by atoms with Crippen molar-refractivity contribution in [2.45, 2.75) is 13.5 Å². The molecule has 5 heteroatoms. The van der Waals surface area contributed by atoms with Crippen molar-refractivity contribution in [3.63, 3.8) is 0 Å². The van der Waals surface area contributed by atoms with Crippen molar-refractivity contribution in [3.05, 3.63) is 22.2 Å². The maximum atomic E-state index is 5.31. The SMILES string of the molecule is CCN(C)CCNCc1cc(OC)c(OC)cc1Br. The largest absolute Gasteiger partial charge is 0.493 e. The van der Waals surface area contributed by atoms with Crippen LogP contribution in [0.25, 0.3) is 0 Å². The lowest BCUT2D eigenvalue weighted by Gasteiger charge is -2.15. The summed E-state index contributed by atoms with van der Waals surface area (Å²) in [5.41, 5.74) is 1.16. The summed E-state index contributed by atoms with van der Waals surface area (Å²) in [6.07, 6.45) is 0. The fraction of sp³-hybridized carbons (Fsp3) is 0.571. The van der Waals surface area contributed by atoms with Crippen LogP contribution in [0.3, 0.4) is 0 Å². The van der Waals surface area contributed by atoms with Crippen molar-refractivity contribution in [2.24, 2.45) is 0 Å². The van der Waals surface area contributed by atoms with Crippen LogP contribution in [0.1, 0.15) is 12.5 Å². The van der Waals surface area contributed by atoms with Crippen molar-refractivity contribution >= 4 is 15.9 Å². The van der Waals surface area contributed by atoms with Crippen molar-refractivity contribution in [2.75, 3.05) is 40.9 Å². The van der Waals surface area contributed by atoms with Crippen LogP contribution >= 0.6 is 15.9 Å². The highest BCUT2D eigenvalue weighted by Crippen LogP contribution is 2.33. The number of nitrogens with one attached hydrogen (secondary N) is 1. The second-order valence-electron chi connectivity index (χ2n) is 4.37. The minimum Gasteiger partial charge on any atom is -0.493 e. The Morgan fingerprint density at radius 1 is 1.21 bits per heavy atom. The lowest BCUT2D eigenvalue weighted by Crippen LogP contribution is -2.28. The number of hydrogen-bond donors (Lipinski definition) is 1. The Labute approximate surface area is 124 Å². The molecule has 0 aliphatic heterocycles. The molecule has 0 heterocycles. The Morgan fingerprint density at radius 2 is 1.84 bits per heavy atom. The van der Waals surface area contributed by atoms with Gasteiger partial charge in [-0.3, -0.25) is 0 Å². The monoisotopic (exact) mass is 330 g/mol. The second kappa shape index (κ2) is 8.40. The third-order valence-electron chi connectivity index (χ3n) is 3.08. The summed E-state index contributed by atoms with van der Waals surface area (Å²) in [5.74, 6) is 1.50. The van der Waals surface area contributed by atoms with Gasteiger partial charge in [0.1, 0.15) is 0 Å². The fourth-order valence-electron chi connectivity index (χ4n) is 1.68. The molecule has 0 amide bonds. The lowest BCUT2D eigenvalue weighted by atomic mass is 10.2. The minimum atomic E-state index is 0.740. The van der Waals surface area contributed by atoms with Crippen LogP contribution < -0.4 is 14.8 Å². The summed E-state index contributed by atoms with van der Waals surface area (Å²) >= 11 is 3.56. The number of nitrogens with zero attached hydrogens (tertiary/aromatic N) is 1.